The van der Waals surface area contributed by atoms with Crippen LogP contribution in [0.5, 0.6) is 0 Å². The molecule has 0 amide bonds. The molecule has 0 aromatic heterocycles. The largest absolute Gasteiger partial charge is 0.469 e. The topological polar surface area (TPSA) is 43.4 Å². The fourth-order valence-corrected chi connectivity index (χ4v) is 2.60. The van der Waals surface area contributed by atoms with Gasteiger partial charge in [-0.1, -0.05) is 56.2 Å². The summed E-state index contributed by atoms with van der Waals surface area (Å²) in [5.41, 5.74) is 1.09. The molecule has 0 saturated carbocycles. The predicted octanol–water partition coefficient (Wildman–Crippen LogP) is 5.09. The predicted molar refractivity (Wildman–Crippen MR) is 98.6 cm³/mol. The zero-order valence-corrected chi connectivity index (χ0v) is 15.0. The average Bonchev–Trinajstić information content (AvgIpc) is 2.94. The van der Waals surface area contributed by atoms with Crippen LogP contribution in [-0.4, -0.2) is 18.9 Å². The second-order valence-corrected chi connectivity index (χ2v) is 6.05. The highest BCUT2D eigenvalue weighted by molar-refractivity contribution is 5.98. The Morgan fingerprint density at radius 2 is 1.92 bits per heavy atom. The summed E-state index contributed by atoms with van der Waals surface area (Å²) in [4.78, 5) is 23.0. The van der Waals surface area contributed by atoms with E-state index in [1.165, 1.54) is 26.4 Å². The van der Waals surface area contributed by atoms with Crippen LogP contribution in [0, 0.1) is 5.92 Å². The Morgan fingerprint density at radius 3 is 2.67 bits per heavy atom. The molecule has 0 bridgehead atoms. The lowest BCUT2D eigenvalue weighted by atomic mass is 9.96. The third-order valence-corrected chi connectivity index (χ3v) is 4.10. The van der Waals surface area contributed by atoms with Gasteiger partial charge in [-0.3, -0.25) is 9.59 Å². The number of esters is 1. The summed E-state index contributed by atoms with van der Waals surface area (Å²) in [5, 5.41) is 0. The van der Waals surface area contributed by atoms with Crippen LogP contribution >= 0.6 is 0 Å². The molecule has 0 aromatic rings. The molecule has 1 aliphatic rings. The summed E-state index contributed by atoms with van der Waals surface area (Å²) in [5.74, 6) is -0.0449. The van der Waals surface area contributed by atoms with Crippen molar-refractivity contribution < 1.29 is 14.3 Å². The van der Waals surface area contributed by atoms with E-state index in [2.05, 4.69) is 29.9 Å². The molecule has 1 aliphatic carbocycles. The molecule has 132 valence electrons. The van der Waals surface area contributed by atoms with Crippen molar-refractivity contribution in [2.45, 2.75) is 58.3 Å². The Kier molecular flexibility index (Phi) is 10.5. The Morgan fingerprint density at radius 1 is 1.12 bits per heavy atom. The van der Waals surface area contributed by atoms with Gasteiger partial charge in [0.05, 0.1) is 13.0 Å². The van der Waals surface area contributed by atoms with E-state index >= 15 is 0 Å². The van der Waals surface area contributed by atoms with Crippen LogP contribution in [0.2, 0.25) is 0 Å². The van der Waals surface area contributed by atoms with Gasteiger partial charge in [-0.25, -0.2) is 0 Å². The monoisotopic (exact) mass is 330 g/mol. The summed E-state index contributed by atoms with van der Waals surface area (Å²) in [7, 11) is 1.41. The first-order chi connectivity index (χ1) is 11.7. The molecule has 1 rings (SSSR count). The Hall–Kier alpha value is -1.90. The van der Waals surface area contributed by atoms with Gasteiger partial charge in [0.2, 0.25) is 0 Å². The van der Waals surface area contributed by atoms with Gasteiger partial charge in [0.1, 0.15) is 0 Å². The van der Waals surface area contributed by atoms with Crippen molar-refractivity contribution in [1.82, 2.24) is 0 Å². The van der Waals surface area contributed by atoms with Crippen molar-refractivity contribution in [2.75, 3.05) is 7.11 Å². The third-order valence-electron chi connectivity index (χ3n) is 4.10. The molecular formula is C21H30O3. The van der Waals surface area contributed by atoms with E-state index in [-0.39, 0.29) is 17.7 Å². The Labute approximate surface area is 146 Å². The fraction of sp³-hybridized carbons (Fsp3) is 0.524. The standard InChI is InChI=1S/C21H30O3/c1-3-4-5-6-7-10-13-18-16-17-20(22)19(18)14-11-8-9-12-15-21(23)24-2/h7-8,10-11,13,16-17,19H,3-6,9,12,14-15H2,1-2H3/b10-7+,11-8-,18-13-/t19-/m1/s1. The SMILES string of the molecule is CCCCC/C=C/C=C1/C=CC(=O)[C@@H]1C/C=C\CCCC(=O)OC. The van der Waals surface area contributed by atoms with E-state index < -0.39 is 0 Å². The van der Waals surface area contributed by atoms with Gasteiger partial charge in [-0.15, -0.1) is 0 Å². The third kappa shape index (κ3) is 8.09. The smallest absolute Gasteiger partial charge is 0.305 e. The maximum Gasteiger partial charge on any atom is 0.305 e. The van der Waals surface area contributed by atoms with Crippen molar-refractivity contribution in [3.63, 3.8) is 0 Å². The number of allylic oxidation sites excluding steroid dienone is 8. The minimum absolute atomic E-state index is 0.0536. The van der Waals surface area contributed by atoms with Crippen molar-refractivity contribution in [3.8, 4) is 0 Å². The molecule has 0 heterocycles. The number of ketones is 1. The molecule has 0 aliphatic heterocycles. The second-order valence-electron chi connectivity index (χ2n) is 6.05. The molecule has 1 atom stereocenters. The quantitative estimate of drug-likeness (QED) is 0.301. The van der Waals surface area contributed by atoms with Crippen LogP contribution in [0.1, 0.15) is 58.3 Å². The van der Waals surface area contributed by atoms with E-state index in [1.54, 1.807) is 6.08 Å². The summed E-state index contributed by atoms with van der Waals surface area (Å²) >= 11 is 0. The average molecular weight is 330 g/mol. The lowest BCUT2D eigenvalue weighted by molar-refractivity contribution is -0.140. The summed E-state index contributed by atoms with van der Waals surface area (Å²) < 4.78 is 4.60. The van der Waals surface area contributed by atoms with E-state index in [9.17, 15) is 9.59 Å². The van der Waals surface area contributed by atoms with Crippen LogP contribution in [0.25, 0.3) is 0 Å². The molecule has 0 radical (unpaired) electrons. The van der Waals surface area contributed by atoms with E-state index in [4.69, 9.17) is 0 Å². The normalized spacial score (nSPS) is 19.2. The molecule has 0 N–H and O–H groups in total. The number of unbranched alkanes of at least 4 members (excludes halogenated alkanes) is 4. The molecule has 0 spiro atoms. The lowest BCUT2D eigenvalue weighted by Crippen LogP contribution is -2.07. The molecule has 3 nitrogen and oxygen atoms in total. The summed E-state index contributed by atoms with van der Waals surface area (Å²) in [6.07, 6.45) is 21.6. The zero-order valence-electron chi connectivity index (χ0n) is 15.0. The molecule has 0 aromatic carbocycles. The second kappa shape index (κ2) is 12.5. The van der Waals surface area contributed by atoms with E-state index in [1.807, 2.05) is 18.2 Å². The highest BCUT2D eigenvalue weighted by atomic mass is 16.5. The maximum atomic E-state index is 12.0. The van der Waals surface area contributed by atoms with Gasteiger partial charge in [0, 0.05) is 6.42 Å². The van der Waals surface area contributed by atoms with Gasteiger partial charge >= 0.3 is 5.97 Å². The number of methoxy groups -OCH3 is 1. The maximum absolute atomic E-state index is 12.0. The van der Waals surface area contributed by atoms with Gasteiger partial charge < -0.3 is 4.74 Å². The Balaban J connectivity index is 2.36. The van der Waals surface area contributed by atoms with Crippen molar-refractivity contribution in [2.24, 2.45) is 5.92 Å². The molecule has 0 unspecified atom stereocenters. The fourth-order valence-electron chi connectivity index (χ4n) is 2.60. The van der Waals surface area contributed by atoms with Crippen LogP contribution in [-0.2, 0) is 14.3 Å². The Bertz CT molecular complexity index is 509. The number of hydrogen-bond donors (Lipinski definition) is 0. The molecular weight excluding hydrogens is 300 g/mol. The van der Waals surface area contributed by atoms with Gasteiger partial charge in [-0.2, -0.15) is 0 Å². The summed E-state index contributed by atoms with van der Waals surface area (Å²) in [6, 6.07) is 0. The number of hydrogen-bond acceptors (Lipinski definition) is 3. The molecule has 0 saturated heterocycles. The highest BCUT2D eigenvalue weighted by Gasteiger charge is 2.22. The van der Waals surface area contributed by atoms with Crippen LogP contribution in [0.4, 0.5) is 0 Å². The first kappa shape index (κ1) is 20.1. The lowest BCUT2D eigenvalue weighted by Gasteiger charge is -2.07. The van der Waals surface area contributed by atoms with E-state index in [0.717, 1.165) is 31.3 Å². The number of ether oxygens (including phenoxy) is 1. The zero-order chi connectivity index (χ0) is 17.6. The van der Waals surface area contributed by atoms with Crippen molar-refractivity contribution in [1.29, 1.82) is 0 Å². The number of carbonyl (C=O) groups excluding carboxylic acids is 2. The molecule has 24 heavy (non-hydrogen) atoms. The van der Waals surface area contributed by atoms with E-state index in [0.29, 0.717) is 6.42 Å². The van der Waals surface area contributed by atoms with Crippen molar-refractivity contribution in [3.05, 3.63) is 48.1 Å². The van der Waals surface area contributed by atoms with Gasteiger partial charge in [-0.05, 0) is 43.8 Å². The van der Waals surface area contributed by atoms with Gasteiger partial charge in [0.15, 0.2) is 5.78 Å². The minimum Gasteiger partial charge on any atom is -0.469 e. The summed E-state index contributed by atoms with van der Waals surface area (Å²) in [6.45, 7) is 2.20. The molecule has 3 heteroatoms. The van der Waals surface area contributed by atoms with Crippen LogP contribution < -0.4 is 0 Å². The first-order valence-corrected chi connectivity index (χ1v) is 8.99. The van der Waals surface area contributed by atoms with Gasteiger partial charge in [0.25, 0.3) is 0 Å². The number of rotatable bonds is 11. The molecule has 0 fully saturated rings. The number of carbonyl (C=O) groups is 2. The van der Waals surface area contributed by atoms with Crippen LogP contribution in [0.15, 0.2) is 48.1 Å². The van der Waals surface area contributed by atoms with Crippen molar-refractivity contribution >= 4 is 11.8 Å². The minimum atomic E-state index is -0.172. The highest BCUT2D eigenvalue weighted by Crippen LogP contribution is 2.25. The van der Waals surface area contributed by atoms with Crippen LogP contribution in [0.3, 0.4) is 0 Å². The first-order valence-electron chi connectivity index (χ1n) is 8.99.